The number of pyridine rings is 1. The van der Waals surface area contributed by atoms with Crippen molar-refractivity contribution in [3.8, 4) is 5.75 Å². The Labute approximate surface area is 166 Å². The summed E-state index contributed by atoms with van der Waals surface area (Å²) in [7, 11) is -2.56. The molecule has 0 radical (unpaired) electrons. The van der Waals surface area contributed by atoms with E-state index in [-0.39, 0.29) is 0 Å². The maximum atomic E-state index is 12.6. The molecular weight excluding hydrogens is 402 g/mol. The molecule has 0 amide bonds. The van der Waals surface area contributed by atoms with Gasteiger partial charge in [0.1, 0.15) is 16.4 Å². The minimum Gasteiger partial charge on any atom is -0.497 e. The third kappa shape index (κ3) is 4.49. The minimum atomic E-state index is -4.10. The van der Waals surface area contributed by atoms with Crippen molar-refractivity contribution in [3.63, 3.8) is 0 Å². The van der Waals surface area contributed by atoms with Crippen LogP contribution < -0.4 is 10.3 Å². The van der Waals surface area contributed by atoms with Crippen molar-refractivity contribution in [2.75, 3.05) is 12.9 Å². The number of rotatable bonds is 6. The van der Waals surface area contributed by atoms with Gasteiger partial charge in [-0.15, -0.1) is 0 Å². The van der Waals surface area contributed by atoms with E-state index in [9.17, 15) is 18.0 Å². The van der Waals surface area contributed by atoms with Crippen LogP contribution in [0.2, 0.25) is 5.02 Å². The van der Waals surface area contributed by atoms with Crippen molar-refractivity contribution in [3.05, 3.63) is 75.5 Å². The summed E-state index contributed by atoms with van der Waals surface area (Å²) < 4.78 is 30.2. The number of H-pyrrole nitrogens is 1. The standard InChI is InChI=1S/C20H16ClNO5S/c1-27-17-8-3-13(4-9-17)2-7-16(23)12-28(25,26)19-10-14-5-6-15(21)11-18(14)22-20(19)24/h2-11H,12H2,1H3,(H,22,24)/b7-2-. The molecule has 1 heterocycles. The summed E-state index contributed by atoms with van der Waals surface area (Å²) in [6.45, 7) is 0. The summed E-state index contributed by atoms with van der Waals surface area (Å²) in [4.78, 5) is 26.4. The van der Waals surface area contributed by atoms with Crippen molar-refractivity contribution >= 4 is 44.2 Å². The maximum absolute atomic E-state index is 12.6. The van der Waals surface area contributed by atoms with Crippen LogP contribution in [-0.4, -0.2) is 32.0 Å². The molecule has 1 aromatic heterocycles. The Morgan fingerprint density at radius 2 is 1.86 bits per heavy atom. The fourth-order valence-corrected chi connectivity index (χ4v) is 4.04. The molecule has 0 aliphatic rings. The van der Waals surface area contributed by atoms with Gasteiger partial charge in [-0.1, -0.05) is 35.9 Å². The number of ether oxygens (including phenoxy) is 1. The smallest absolute Gasteiger partial charge is 0.267 e. The number of hydrogen-bond acceptors (Lipinski definition) is 5. The van der Waals surface area contributed by atoms with Gasteiger partial charge in [0.05, 0.1) is 7.11 Å². The molecule has 0 atom stereocenters. The second-order valence-electron chi connectivity index (χ2n) is 6.03. The highest BCUT2D eigenvalue weighted by atomic mass is 35.5. The zero-order valence-electron chi connectivity index (χ0n) is 14.8. The number of benzene rings is 2. The number of hydrogen-bond donors (Lipinski definition) is 1. The number of carbonyl (C=O) groups is 1. The minimum absolute atomic E-state index is 0.414. The molecule has 2 aromatic carbocycles. The van der Waals surface area contributed by atoms with Crippen LogP contribution in [0.25, 0.3) is 17.0 Å². The van der Waals surface area contributed by atoms with E-state index in [1.54, 1.807) is 43.5 Å². The Balaban J connectivity index is 1.82. The lowest BCUT2D eigenvalue weighted by Crippen LogP contribution is -2.22. The van der Waals surface area contributed by atoms with Gasteiger partial charge in [-0.2, -0.15) is 0 Å². The van der Waals surface area contributed by atoms with Gasteiger partial charge in [0, 0.05) is 10.5 Å². The lowest BCUT2D eigenvalue weighted by molar-refractivity contribution is -0.112. The number of aromatic nitrogens is 1. The van der Waals surface area contributed by atoms with Crippen LogP contribution in [0.3, 0.4) is 0 Å². The van der Waals surface area contributed by atoms with E-state index in [2.05, 4.69) is 4.98 Å². The van der Waals surface area contributed by atoms with Gasteiger partial charge in [-0.25, -0.2) is 8.42 Å². The van der Waals surface area contributed by atoms with Crippen LogP contribution in [0, 0.1) is 0 Å². The third-order valence-corrected chi connectivity index (χ3v) is 5.89. The molecule has 0 aliphatic heterocycles. The predicted molar refractivity (Wildman–Crippen MR) is 109 cm³/mol. The summed E-state index contributed by atoms with van der Waals surface area (Å²) in [5, 5.41) is 0.918. The summed E-state index contributed by atoms with van der Waals surface area (Å²) in [6, 6.07) is 12.9. The Kier molecular flexibility index (Phi) is 5.67. The summed E-state index contributed by atoms with van der Waals surface area (Å²) in [6.07, 6.45) is 2.68. The number of halogens is 1. The molecular formula is C20H16ClNO5S. The monoisotopic (exact) mass is 417 g/mol. The van der Waals surface area contributed by atoms with E-state index in [1.165, 1.54) is 24.3 Å². The second-order valence-corrected chi connectivity index (χ2v) is 8.42. The maximum Gasteiger partial charge on any atom is 0.267 e. The Hall–Kier alpha value is -2.90. The predicted octanol–water partition coefficient (Wildman–Crippen LogP) is 3.25. The molecule has 3 rings (SSSR count). The Bertz CT molecular complexity index is 1230. The number of aromatic amines is 1. The van der Waals surface area contributed by atoms with Gasteiger partial charge in [-0.05, 0) is 47.4 Å². The molecule has 0 bridgehead atoms. The number of ketones is 1. The molecule has 3 aromatic rings. The van der Waals surface area contributed by atoms with Gasteiger partial charge in [0.15, 0.2) is 15.6 Å². The average molecular weight is 418 g/mol. The average Bonchev–Trinajstić information content (AvgIpc) is 2.65. The third-order valence-electron chi connectivity index (χ3n) is 4.02. The normalized spacial score (nSPS) is 11.8. The highest BCUT2D eigenvalue weighted by Gasteiger charge is 2.22. The van der Waals surface area contributed by atoms with Crippen LogP contribution in [0.15, 0.2) is 64.3 Å². The lowest BCUT2D eigenvalue weighted by atomic mass is 10.2. The van der Waals surface area contributed by atoms with Crippen molar-refractivity contribution in [1.29, 1.82) is 0 Å². The van der Waals surface area contributed by atoms with E-state index < -0.39 is 31.8 Å². The summed E-state index contributed by atoms with van der Waals surface area (Å²) >= 11 is 5.87. The highest BCUT2D eigenvalue weighted by molar-refractivity contribution is 7.92. The molecule has 0 unspecified atom stereocenters. The molecule has 0 saturated heterocycles. The van der Waals surface area contributed by atoms with Gasteiger partial charge in [0.25, 0.3) is 5.56 Å². The van der Waals surface area contributed by atoms with Crippen molar-refractivity contribution < 1.29 is 17.9 Å². The number of methoxy groups -OCH3 is 1. The molecule has 6 nitrogen and oxygen atoms in total. The van der Waals surface area contributed by atoms with Crippen LogP contribution >= 0.6 is 11.6 Å². The lowest BCUT2D eigenvalue weighted by Gasteiger charge is -2.04. The topological polar surface area (TPSA) is 93.3 Å². The number of carbonyl (C=O) groups excluding carboxylic acids is 1. The molecule has 0 aliphatic carbocycles. The first-order valence-corrected chi connectivity index (χ1v) is 10.2. The van der Waals surface area contributed by atoms with Crippen LogP contribution in [0.4, 0.5) is 0 Å². The Morgan fingerprint density at radius 1 is 1.14 bits per heavy atom. The zero-order valence-corrected chi connectivity index (χ0v) is 16.4. The molecule has 8 heteroatoms. The molecule has 1 N–H and O–H groups in total. The first-order chi connectivity index (χ1) is 13.3. The quantitative estimate of drug-likeness (QED) is 0.621. The SMILES string of the molecule is COc1ccc(/C=C\C(=O)CS(=O)(=O)c2cc3ccc(Cl)cc3[nH]c2=O)cc1. The van der Waals surface area contributed by atoms with Crippen molar-refractivity contribution in [2.24, 2.45) is 0 Å². The van der Waals surface area contributed by atoms with Crippen LogP contribution in [0.5, 0.6) is 5.75 Å². The number of allylic oxidation sites excluding steroid dienone is 1. The first-order valence-electron chi connectivity index (χ1n) is 8.19. The summed E-state index contributed by atoms with van der Waals surface area (Å²) in [5.41, 5.74) is 0.343. The van der Waals surface area contributed by atoms with Gasteiger partial charge in [-0.3, -0.25) is 9.59 Å². The van der Waals surface area contributed by atoms with Crippen LogP contribution in [-0.2, 0) is 14.6 Å². The summed E-state index contributed by atoms with van der Waals surface area (Å²) in [5.74, 6) is -0.767. The van der Waals surface area contributed by atoms with Gasteiger partial charge >= 0.3 is 0 Å². The number of fused-ring (bicyclic) bond motifs is 1. The van der Waals surface area contributed by atoms with Gasteiger partial charge in [0.2, 0.25) is 0 Å². The van der Waals surface area contributed by atoms with E-state index in [1.807, 2.05) is 0 Å². The second kappa shape index (κ2) is 8.00. The van der Waals surface area contributed by atoms with E-state index in [0.29, 0.717) is 27.2 Å². The number of sulfone groups is 1. The molecule has 28 heavy (non-hydrogen) atoms. The molecule has 0 fully saturated rings. The van der Waals surface area contributed by atoms with E-state index in [0.717, 1.165) is 0 Å². The molecule has 0 spiro atoms. The first kappa shape index (κ1) is 19.9. The highest BCUT2D eigenvalue weighted by Crippen LogP contribution is 2.19. The van der Waals surface area contributed by atoms with E-state index in [4.69, 9.17) is 16.3 Å². The fourth-order valence-electron chi connectivity index (χ4n) is 2.60. The zero-order chi connectivity index (χ0) is 20.3. The number of nitrogens with one attached hydrogen (secondary N) is 1. The fraction of sp³-hybridized carbons (Fsp3) is 0.100. The molecule has 0 saturated carbocycles. The van der Waals surface area contributed by atoms with E-state index >= 15 is 0 Å². The van der Waals surface area contributed by atoms with Gasteiger partial charge < -0.3 is 9.72 Å². The van der Waals surface area contributed by atoms with Crippen molar-refractivity contribution in [2.45, 2.75) is 4.90 Å². The Morgan fingerprint density at radius 3 is 2.54 bits per heavy atom. The van der Waals surface area contributed by atoms with Crippen LogP contribution in [0.1, 0.15) is 5.56 Å². The largest absolute Gasteiger partial charge is 0.497 e. The van der Waals surface area contributed by atoms with Crippen molar-refractivity contribution in [1.82, 2.24) is 4.98 Å². The molecule has 144 valence electrons.